The van der Waals surface area contributed by atoms with Gasteiger partial charge in [0.15, 0.2) is 0 Å². The van der Waals surface area contributed by atoms with Gasteiger partial charge in [-0.15, -0.1) is 0 Å². The quantitative estimate of drug-likeness (QED) is 0.907. The smallest absolute Gasteiger partial charge is 0.282 e. The molecule has 0 saturated carbocycles. The molecule has 2 heterocycles. The van der Waals surface area contributed by atoms with Crippen LogP contribution < -0.4 is 0 Å². The lowest BCUT2D eigenvalue weighted by molar-refractivity contribution is -0.0676. The van der Waals surface area contributed by atoms with Gasteiger partial charge < -0.3 is 5.11 Å². The van der Waals surface area contributed by atoms with Crippen molar-refractivity contribution in [1.82, 2.24) is 8.61 Å². The van der Waals surface area contributed by atoms with E-state index in [0.29, 0.717) is 19.5 Å². The molecular weight excluding hydrogens is 288 g/mol. The molecule has 2 aliphatic rings. The molecule has 3 rings (SSSR count). The fraction of sp³-hybridized carbons (Fsp3) is 0.600. The van der Waals surface area contributed by atoms with E-state index in [1.807, 2.05) is 25.1 Å². The predicted molar refractivity (Wildman–Crippen MR) is 80.9 cm³/mol. The van der Waals surface area contributed by atoms with E-state index in [1.54, 1.807) is 0 Å². The second-order valence-corrected chi connectivity index (χ2v) is 8.03. The van der Waals surface area contributed by atoms with Crippen molar-refractivity contribution in [3.63, 3.8) is 0 Å². The van der Waals surface area contributed by atoms with Gasteiger partial charge in [0.2, 0.25) is 0 Å². The van der Waals surface area contributed by atoms with Gasteiger partial charge in [-0.25, -0.2) is 0 Å². The predicted octanol–water partition coefficient (Wildman–Crippen LogP) is 1.14. The normalized spacial score (nSPS) is 22.6. The van der Waals surface area contributed by atoms with Crippen molar-refractivity contribution in [3.8, 4) is 0 Å². The maximum Gasteiger partial charge on any atom is 0.282 e. The Hall–Kier alpha value is -0.950. The van der Waals surface area contributed by atoms with Gasteiger partial charge in [0.05, 0.1) is 5.60 Å². The van der Waals surface area contributed by atoms with E-state index in [4.69, 9.17) is 0 Å². The first-order valence-corrected chi connectivity index (χ1v) is 8.89. The lowest BCUT2D eigenvalue weighted by atomic mass is 9.92. The monoisotopic (exact) mass is 310 g/mol. The molecule has 0 atom stereocenters. The Labute approximate surface area is 126 Å². The summed E-state index contributed by atoms with van der Waals surface area (Å²) < 4.78 is 28.1. The van der Waals surface area contributed by atoms with Gasteiger partial charge in [-0.3, -0.25) is 0 Å². The average Bonchev–Trinajstić information content (AvgIpc) is 2.44. The van der Waals surface area contributed by atoms with Crippen LogP contribution in [0.15, 0.2) is 24.3 Å². The molecule has 0 aromatic heterocycles. The van der Waals surface area contributed by atoms with E-state index in [0.717, 1.165) is 18.4 Å². The highest BCUT2D eigenvalue weighted by molar-refractivity contribution is 7.86. The number of benzene rings is 1. The first-order valence-electron chi connectivity index (χ1n) is 7.49. The number of fused-ring (bicyclic) bond motifs is 1. The minimum atomic E-state index is -3.45. The summed E-state index contributed by atoms with van der Waals surface area (Å²) in [6, 6.07) is 7.98. The Morgan fingerprint density at radius 3 is 2.52 bits per heavy atom. The minimum Gasteiger partial charge on any atom is -0.387 e. The van der Waals surface area contributed by atoms with Gasteiger partial charge in [-0.05, 0) is 24.0 Å². The molecule has 116 valence electrons. The van der Waals surface area contributed by atoms with Crippen LogP contribution in [-0.4, -0.2) is 47.4 Å². The van der Waals surface area contributed by atoms with Gasteiger partial charge >= 0.3 is 0 Å². The number of hydrogen-bond acceptors (Lipinski definition) is 3. The van der Waals surface area contributed by atoms with Crippen LogP contribution in [0.1, 0.15) is 30.9 Å². The fourth-order valence-corrected chi connectivity index (χ4v) is 4.98. The molecule has 0 aliphatic carbocycles. The molecule has 1 N–H and O–H groups in total. The van der Waals surface area contributed by atoms with E-state index in [-0.39, 0.29) is 13.1 Å². The first kappa shape index (κ1) is 15.0. The molecule has 1 fully saturated rings. The lowest BCUT2D eigenvalue weighted by Crippen LogP contribution is -2.65. The highest BCUT2D eigenvalue weighted by Gasteiger charge is 2.48. The minimum absolute atomic E-state index is 0.224. The van der Waals surface area contributed by atoms with Crippen LogP contribution in [0, 0.1) is 0 Å². The van der Waals surface area contributed by atoms with Gasteiger partial charge in [0, 0.05) is 26.2 Å². The van der Waals surface area contributed by atoms with Crippen LogP contribution in [0.3, 0.4) is 0 Å². The van der Waals surface area contributed by atoms with Crippen LogP contribution >= 0.6 is 0 Å². The van der Waals surface area contributed by atoms with Gasteiger partial charge in [0.1, 0.15) is 0 Å². The first-order chi connectivity index (χ1) is 9.94. The maximum atomic E-state index is 12.6. The summed E-state index contributed by atoms with van der Waals surface area (Å²) in [5, 5.41) is 10.2. The number of β-amino-alcohol motifs (C(OH)–C–C–N with tert-alkyl or cyclic N) is 1. The molecule has 2 aliphatic heterocycles. The van der Waals surface area contributed by atoms with E-state index >= 15 is 0 Å². The standard InChI is InChI=1S/C15H22N2O3S/c1-2-8-15(18)11-17(12-15)21(19,20)16-9-7-13-5-3-4-6-14(13)10-16/h3-6,18H,2,7-12H2,1H3. The zero-order chi connectivity index (χ0) is 15.1. The SMILES string of the molecule is CCCC1(O)CN(S(=O)(=O)N2CCc3ccccc3C2)C1. The van der Waals surface area contributed by atoms with Crippen molar-refractivity contribution in [2.75, 3.05) is 19.6 Å². The molecule has 1 aromatic rings. The Balaban J connectivity index is 1.71. The van der Waals surface area contributed by atoms with Crippen molar-refractivity contribution < 1.29 is 13.5 Å². The lowest BCUT2D eigenvalue weighted by Gasteiger charge is -2.47. The van der Waals surface area contributed by atoms with Crippen molar-refractivity contribution >= 4 is 10.2 Å². The molecule has 5 nitrogen and oxygen atoms in total. The summed E-state index contributed by atoms with van der Waals surface area (Å²) in [4.78, 5) is 0. The van der Waals surface area contributed by atoms with E-state index in [2.05, 4.69) is 6.07 Å². The Bertz CT molecular complexity index is 624. The van der Waals surface area contributed by atoms with Gasteiger partial charge in [-0.2, -0.15) is 17.0 Å². The van der Waals surface area contributed by atoms with E-state index in [9.17, 15) is 13.5 Å². The van der Waals surface area contributed by atoms with Crippen LogP contribution in [0.2, 0.25) is 0 Å². The third-order valence-corrected chi connectivity index (χ3v) is 6.28. The summed E-state index contributed by atoms with van der Waals surface area (Å²) in [6.07, 6.45) is 2.27. The van der Waals surface area contributed by atoms with E-state index in [1.165, 1.54) is 14.2 Å². The second-order valence-electron chi connectivity index (χ2n) is 6.10. The molecule has 0 radical (unpaired) electrons. The molecule has 0 spiro atoms. The van der Waals surface area contributed by atoms with Crippen LogP contribution in [-0.2, 0) is 23.2 Å². The zero-order valence-corrected chi connectivity index (χ0v) is 13.1. The molecular formula is C15H22N2O3S. The van der Waals surface area contributed by atoms with Crippen LogP contribution in [0.4, 0.5) is 0 Å². The summed E-state index contributed by atoms with van der Waals surface area (Å²) in [5.74, 6) is 0. The molecule has 1 aromatic carbocycles. The average molecular weight is 310 g/mol. The van der Waals surface area contributed by atoms with Crippen LogP contribution in [0.25, 0.3) is 0 Å². The fourth-order valence-electron chi connectivity index (χ4n) is 3.23. The van der Waals surface area contributed by atoms with Crippen molar-refractivity contribution in [1.29, 1.82) is 0 Å². The molecule has 0 amide bonds. The molecule has 6 heteroatoms. The maximum absolute atomic E-state index is 12.6. The number of nitrogens with zero attached hydrogens (tertiary/aromatic N) is 2. The Morgan fingerprint density at radius 2 is 1.86 bits per heavy atom. The zero-order valence-electron chi connectivity index (χ0n) is 12.3. The largest absolute Gasteiger partial charge is 0.387 e. The molecule has 21 heavy (non-hydrogen) atoms. The Morgan fingerprint density at radius 1 is 1.19 bits per heavy atom. The third-order valence-electron chi connectivity index (χ3n) is 4.40. The molecule has 1 saturated heterocycles. The highest BCUT2D eigenvalue weighted by atomic mass is 32.2. The summed E-state index contributed by atoms with van der Waals surface area (Å²) in [6.45, 7) is 3.39. The summed E-state index contributed by atoms with van der Waals surface area (Å²) in [7, 11) is -3.45. The molecule has 0 bridgehead atoms. The van der Waals surface area contributed by atoms with Gasteiger partial charge in [0.25, 0.3) is 10.2 Å². The Kier molecular flexibility index (Phi) is 3.81. The van der Waals surface area contributed by atoms with Crippen LogP contribution in [0.5, 0.6) is 0 Å². The van der Waals surface area contributed by atoms with Gasteiger partial charge in [-0.1, -0.05) is 37.6 Å². The number of aliphatic hydroxyl groups is 1. The molecule has 0 unspecified atom stereocenters. The summed E-state index contributed by atoms with van der Waals surface area (Å²) >= 11 is 0. The number of hydrogen-bond donors (Lipinski definition) is 1. The number of rotatable bonds is 4. The topological polar surface area (TPSA) is 60.9 Å². The van der Waals surface area contributed by atoms with Crippen molar-refractivity contribution in [2.45, 2.75) is 38.3 Å². The van der Waals surface area contributed by atoms with E-state index < -0.39 is 15.8 Å². The summed E-state index contributed by atoms with van der Waals surface area (Å²) in [5.41, 5.74) is 1.49. The second kappa shape index (κ2) is 5.35. The van der Waals surface area contributed by atoms with Crippen molar-refractivity contribution in [3.05, 3.63) is 35.4 Å². The van der Waals surface area contributed by atoms with Crippen molar-refractivity contribution in [2.24, 2.45) is 0 Å². The third kappa shape index (κ3) is 2.73. The highest BCUT2D eigenvalue weighted by Crippen LogP contribution is 2.31.